The van der Waals surface area contributed by atoms with Gasteiger partial charge >= 0.3 is 0 Å². The van der Waals surface area contributed by atoms with E-state index in [1.54, 1.807) is 13.3 Å². The minimum absolute atomic E-state index is 0.0433. The number of likely N-dealkylation sites (tertiary alicyclic amines) is 1. The van der Waals surface area contributed by atoms with E-state index < -0.39 is 0 Å². The highest BCUT2D eigenvalue weighted by Crippen LogP contribution is 2.33. The summed E-state index contributed by atoms with van der Waals surface area (Å²) < 4.78 is 5.22. The topological polar surface area (TPSA) is 42.4 Å². The Bertz CT molecular complexity index is 955. The fourth-order valence-corrected chi connectivity index (χ4v) is 4.59. The highest BCUT2D eigenvalue weighted by molar-refractivity contribution is 7.17. The molecule has 27 heavy (non-hydrogen) atoms. The number of rotatable bonds is 4. The van der Waals surface area contributed by atoms with Crippen LogP contribution in [0.3, 0.4) is 0 Å². The molecule has 0 bridgehead atoms. The highest BCUT2D eigenvalue weighted by atomic mass is 35.5. The molecule has 0 aliphatic carbocycles. The van der Waals surface area contributed by atoms with E-state index in [-0.39, 0.29) is 5.91 Å². The Morgan fingerprint density at radius 1 is 1.22 bits per heavy atom. The van der Waals surface area contributed by atoms with E-state index in [0.717, 1.165) is 35.8 Å². The lowest BCUT2D eigenvalue weighted by Crippen LogP contribution is -2.27. The van der Waals surface area contributed by atoms with E-state index >= 15 is 0 Å². The maximum absolute atomic E-state index is 12.9. The molecule has 1 saturated heterocycles. The summed E-state index contributed by atoms with van der Waals surface area (Å²) in [5.74, 6) is 1.25. The summed E-state index contributed by atoms with van der Waals surface area (Å²) in [4.78, 5) is 19.9. The lowest BCUT2D eigenvalue weighted by Gasteiger charge is -2.15. The molecule has 0 radical (unpaired) electrons. The predicted molar refractivity (Wildman–Crippen MR) is 109 cm³/mol. The molecule has 3 aromatic rings. The van der Waals surface area contributed by atoms with Crippen molar-refractivity contribution in [1.82, 2.24) is 9.88 Å². The van der Waals surface area contributed by atoms with Gasteiger partial charge in [0.2, 0.25) is 0 Å². The minimum atomic E-state index is 0.0433. The average Bonchev–Trinajstić information content (AvgIpc) is 3.38. The van der Waals surface area contributed by atoms with Crippen LogP contribution in [0.5, 0.6) is 5.75 Å². The van der Waals surface area contributed by atoms with Crippen LogP contribution in [0, 0.1) is 0 Å². The summed E-state index contributed by atoms with van der Waals surface area (Å²) in [5, 5.41) is 1.42. The number of carbonyl (C=O) groups is 1. The van der Waals surface area contributed by atoms with Gasteiger partial charge in [-0.2, -0.15) is 0 Å². The second-order valence-corrected chi connectivity index (χ2v) is 7.96. The Balaban J connectivity index is 1.47. The average molecular weight is 399 g/mol. The van der Waals surface area contributed by atoms with Crippen LogP contribution in [0.4, 0.5) is 0 Å². The number of hydrogen-bond donors (Lipinski definition) is 0. The van der Waals surface area contributed by atoms with Gasteiger partial charge in [-0.15, -0.1) is 11.3 Å². The molecule has 0 N–H and O–H groups in total. The predicted octanol–water partition coefficient (Wildman–Crippen LogP) is 5.10. The number of amides is 1. The molecule has 1 fully saturated rings. The first kappa shape index (κ1) is 18.0. The number of aromatic nitrogens is 1. The molecular formula is C21H19ClN2O2S. The quantitative estimate of drug-likeness (QED) is 0.613. The zero-order valence-corrected chi connectivity index (χ0v) is 16.5. The minimum Gasteiger partial charge on any atom is -0.497 e. The van der Waals surface area contributed by atoms with Crippen LogP contribution in [0.1, 0.15) is 27.6 Å². The number of methoxy groups -OCH3 is 1. The number of halogens is 1. The normalized spacial score (nSPS) is 16.5. The molecule has 6 heteroatoms. The van der Waals surface area contributed by atoms with E-state index in [4.69, 9.17) is 16.3 Å². The number of hydrogen-bond acceptors (Lipinski definition) is 4. The molecule has 0 saturated carbocycles. The number of nitrogens with zero attached hydrogens (tertiary/aromatic N) is 2. The summed E-state index contributed by atoms with van der Waals surface area (Å²) in [6.07, 6.45) is 2.63. The van der Waals surface area contributed by atoms with Gasteiger partial charge < -0.3 is 9.64 Å². The maximum atomic E-state index is 12.9. The highest BCUT2D eigenvalue weighted by Gasteiger charge is 2.29. The third kappa shape index (κ3) is 3.70. The summed E-state index contributed by atoms with van der Waals surface area (Å²) >= 11 is 7.64. The van der Waals surface area contributed by atoms with Crippen LogP contribution >= 0.6 is 22.9 Å². The van der Waals surface area contributed by atoms with Gasteiger partial charge in [-0.3, -0.25) is 4.79 Å². The molecular weight excluding hydrogens is 380 g/mol. The molecule has 2 aromatic carbocycles. The van der Waals surface area contributed by atoms with Crippen molar-refractivity contribution in [3.8, 4) is 16.3 Å². The summed E-state index contributed by atoms with van der Waals surface area (Å²) in [6, 6.07) is 15.7. The Kier molecular flexibility index (Phi) is 5.14. The molecule has 138 valence electrons. The lowest BCUT2D eigenvalue weighted by atomic mass is 9.98. The van der Waals surface area contributed by atoms with Crippen molar-refractivity contribution in [1.29, 1.82) is 0 Å². The first-order chi connectivity index (χ1) is 13.2. The molecule has 4 nitrogen and oxygen atoms in total. The number of ether oxygens (including phenoxy) is 1. The second-order valence-electron chi connectivity index (χ2n) is 6.52. The van der Waals surface area contributed by atoms with Crippen LogP contribution in [0.2, 0.25) is 5.02 Å². The van der Waals surface area contributed by atoms with Gasteiger partial charge in [-0.05, 0) is 30.2 Å². The van der Waals surface area contributed by atoms with E-state index in [9.17, 15) is 4.79 Å². The first-order valence-electron chi connectivity index (χ1n) is 8.79. The van der Waals surface area contributed by atoms with Crippen LogP contribution in [-0.4, -0.2) is 36.0 Å². The first-order valence-corrected chi connectivity index (χ1v) is 9.99. The van der Waals surface area contributed by atoms with Crippen molar-refractivity contribution in [2.24, 2.45) is 0 Å². The van der Waals surface area contributed by atoms with Crippen LogP contribution in [0.15, 0.2) is 54.7 Å². The molecule has 2 heterocycles. The molecule has 1 atom stereocenters. The third-order valence-electron chi connectivity index (χ3n) is 4.88. The zero-order chi connectivity index (χ0) is 18.8. The lowest BCUT2D eigenvalue weighted by molar-refractivity contribution is 0.0795. The monoisotopic (exact) mass is 398 g/mol. The molecule has 0 spiro atoms. The molecule has 1 aromatic heterocycles. The number of carbonyl (C=O) groups excluding carboxylic acids is 1. The number of benzene rings is 2. The summed E-state index contributed by atoms with van der Waals surface area (Å²) in [5.41, 5.74) is 2.10. The van der Waals surface area contributed by atoms with Gasteiger partial charge in [-0.1, -0.05) is 41.9 Å². The van der Waals surface area contributed by atoms with Gasteiger partial charge in [0.15, 0.2) is 0 Å². The van der Waals surface area contributed by atoms with Gasteiger partial charge in [-0.25, -0.2) is 4.98 Å². The Hall–Kier alpha value is -2.37. The Labute approximate surface area is 167 Å². The fourth-order valence-electron chi connectivity index (χ4n) is 3.38. The van der Waals surface area contributed by atoms with Crippen LogP contribution < -0.4 is 4.74 Å². The van der Waals surface area contributed by atoms with Crippen molar-refractivity contribution >= 4 is 28.8 Å². The summed E-state index contributed by atoms with van der Waals surface area (Å²) in [6.45, 7) is 1.49. The largest absolute Gasteiger partial charge is 0.497 e. The standard InChI is InChI=1S/C21H19ClN2O2S/c1-26-16-8-6-14(7-9-16)15-10-11-24(13-15)21(25)19-12-23-20(27-19)17-4-2-3-5-18(17)22/h2-9,12,15H,10-11,13H2,1H3. The third-order valence-corrected chi connectivity index (χ3v) is 6.23. The van der Waals surface area contributed by atoms with E-state index in [1.165, 1.54) is 16.9 Å². The van der Waals surface area contributed by atoms with E-state index in [0.29, 0.717) is 15.8 Å². The van der Waals surface area contributed by atoms with Crippen LogP contribution in [-0.2, 0) is 0 Å². The number of thiazole rings is 1. The van der Waals surface area contributed by atoms with Crippen molar-refractivity contribution in [2.45, 2.75) is 12.3 Å². The molecule has 1 aliphatic heterocycles. The van der Waals surface area contributed by atoms with Crippen LogP contribution in [0.25, 0.3) is 10.6 Å². The fraction of sp³-hybridized carbons (Fsp3) is 0.238. The van der Waals surface area contributed by atoms with Crippen molar-refractivity contribution in [2.75, 3.05) is 20.2 Å². The summed E-state index contributed by atoms with van der Waals surface area (Å²) in [7, 11) is 1.66. The zero-order valence-electron chi connectivity index (χ0n) is 14.9. The van der Waals surface area contributed by atoms with Crippen molar-refractivity contribution in [3.63, 3.8) is 0 Å². The molecule has 1 amide bonds. The van der Waals surface area contributed by atoms with Gasteiger partial charge in [0.1, 0.15) is 15.6 Å². The van der Waals surface area contributed by atoms with E-state index in [1.807, 2.05) is 41.3 Å². The Morgan fingerprint density at radius 2 is 2.00 bits per heavy atom. The Morgan fingerprint density at radius 3 is 2.74 bits per heavy atom. The van der Waals surface area contributed by atoms with E-state index in [2.05, 4.69) is 17.1 Å². The van der Waals surface area contributed by atoms with Gasteiger partial charge in [0.05, 0.1) is 18.3 Å². The second kappa shape index (κ2) is 7.71. The smallest absolute Gasteiger partial charge is 0.265 e. The molecule has 1 unspecified atom stereocenters. The van der Waals surface area contributed by atoms with Gasteiger partial charge in [0, 0.05) is 24.6 Å². The molecule has 4 rings (SSSR count). The van der Waals surface area contributed by atoms with Gasteiger partial charge in [0.25, 0.3) is 5.91 Å². The van der Waals surface area contributed by atoms with Crippen molar-refractivity contribution in [3.05, 3.63) is 70.2 Å². The molecule has 1 aliphatic rings. The maximum Gasteiger partial charge on any atom is 0.265 e. The van der Waals surface area contributed by atoms with Crippen molar-refractivity contribution < 1.29 is 9.53 Å². The SMILES string of the molecule is COc1ccc(C2CCN(C(=O)c3cnc(-c4ccccc4Cl)s3)C2)cc1.